The van der Waals surface area contributed by atoms with Crippen molar-refractivity contribution in [2.45, 2.75) is 57.5 Å². The van der Waals surface area contributed by atoms with Crippen LogP contribution in [0.4, 0.5) is 11.6 Å². The Morgan fingerprint density at radius 1 is 1.05 bits per heavy atom. The predicted molar refractivity (Wildman–Crippen MR) is 150 cm³/mol. The highest BCUT2D eigenvalue weighted by Gasteiger charge is 2.45. The lowest BCUT2D eigenvalue weighted by Crippen LogP contribution is -2.46. The second-order valence-electron chi connectivity index (χ2n) is 10.9. The van der Waals surface area contributed by atoms with Crippen molar-refractivity contribution in [3.05, 3.63) is 65.5 Å². The van der Waals surface area contributed by atoms with E-state index in [2.05, 4.69) is 25.4 Å². The number of H-pyrrole nitrogens is 1. The van der Waals surface area contributed by atoms with Gasteiger partial charge in [-0.15, -0.1) is 0 Å². The zero-order valence-corrected chi connectivity index (χ0v) is 22.7. The van der Waals surface area contributed by atoms with E-state index in [1.165, 1.54) is 11.4 Å². The van der Waals surface area contributed by atoms with E-state index in [9.17, 15) is 9.59 Å². The van der Waals surface area contributed by atoms with Crippen molar-refractivity contribution in [1.82, 2.24) is 44.5 Å². The summed E-state index contributed by atoms with van der Waals surface area (Å²) in [6, 6.07) is 5.43. The Labute approximate surface area is 234 Å². The molecule has 2 aliphatic rings. The van der Waals surface area contributed by atoms with Crippen LogP contribution < -0.4 is 11.5 Å². The Hall–Kier alpha value is -5.07. The Morgan fingerprint density at radius 3 is 2.44 bits per heavy atom. The van der Waals surface area contributed by atoms with Gasteiger partial charge in [0.2, 0.25) is 0 Å². The van der Waals surface area contributed by atoms with Crippen LogP contribution in [0.5, 0.6) is 0 Å². The fourth-order valence-electron chi connectivity index (χ4n) is 6.43. The normalized spacial score (nSPS) is 20.1. The van der Waals surface area contributed by atoms with Crippen LogP contribution in [0.15, 0.2) is 43.0 Å². The van der Waals surface area contributed by atoms with Gasteiger partial charge in [0, 0.05) is 47.6 Å². The molecule has 7 heterocycles. The fraction of sp³-hybridized carbons (Fsp3) is 0.321. The molecule has 2 aliphatic heterocycles. The number of nitrogens with two attached hydrogens (primary N) is 2. The number of pyridine rings is 1. The van der Waals surface area contributed by atoms with Gasteiger partial charge in [0.15, 0.2) is 17.2 Å². The first kappa shape index (κ1) is 24.9. The standard InChI is InChI=1S/C28H29N11O2/c1-14-10-32-37(13-14)23-6-3-16(11-31-23)20-12-33-39-26(30)24(15(2)40)25(34-27(20)39)17-7-18-4-5-19(8-17)38(18)28(41)21-9-22(29)36-35-21/h3,6,9-13,17-19H,4-5,7-8,30H2,1-2H3,(H3,29,35,36)/t17?,18-,19+. The number of Topliss-reactive ketones (excluding diaryl/α,β-unsaturated/α-hetero) is 1. The van der Waals surface area contributed by atoms with Gasteiger partial charge in [0.05, 0.1) is 23.7 Å². The van der Waals surface area contributed by atoms with Gasteiger partial charge in [-0.1, -0.05) is 0 Å². The van der Waals surface area contributed by atoms with Crippen LogP contribution in [0.3, 0.4) is 0 Å². The Kier molecular flexibility index (Phi) is 5.63. The summed E-state index contributed by atoms with van der Waals surface area (Å²) < 4.78 is 3.24. The first-order valence-corrected chi connectivity index (χ1v) is 13.6. The SMILES string of the molecule is CC(=O)c1c(C2C[C@H]3CC[C@@H](C2)N3C(=O)c2cc(N)n[nH]2)nc2c(-c3ccc(-n4cc(C)cn4)nc3)cnn2c1N. The molecule has 0 saturated carbocycles. The van der Waals surface area contributed by atoms with Gasteiger partial charge >= 0.3 is 0 Å². The van der Waals surface area contributed by atoms with Crippen molar-refractivity contribution < 1.29 is 9.59 Å². The molecule has 2 bridgehead atoms. The monoisotopic (exact) mass is 551 g/mol. The number of nitrogen functional groups attached to an aromatic ring is 2. The third-order valence-electron chi connectivity index (χ3n) is 8.25. The van der Waals surface area contributed by atoms with Gasteiger partial charge in [-0.25, -0.2) is 14.6 Å². The lowest BCUT2D eigenvalue weighted by Gasteiger charge is -2.39. The summed E-state index contributed by atoms with van der Waals surface area (Å²) in [4.78, 5) is 37.8. The van der Waals surface area contributed by atoms with Crippen LogP contribution in [0, 0.1) is 6.92 Å². The maximum Gasteiger partial charge on any atom is 0.272 e. The number of fused-ring (bicyclic) bond motifs is 3. The molecule has 5 aromatic rings. The highest BCUT2D eigenvalue weighted by molar-refractivity contribution is 6.00. The number of anilines is 2. The van der Waals surface area contributed by atoms with E-state index in [0.717, 1.165) is 29.5 Å². The summed E-state index contributed by atoms with van der Waals surface area (Å²) in [6.07, 6.45) is 10.3. The summed E-state index contributed by atoms with van der Waals surface area (Å²) in [7, 11) is 0. The van der Waals surface area contributed by atoms with Crippen LogP contribution in [-0.2, 0) is 0 Å². The van der Waals surface area contributed by atoms with E-state index >= 15 is 0 Å². The third kappa shape index (κ3) is 4.03. The molecular weight excluding hydrogens is 522 g/mol. The quantitative estimate of drug-likeness (QED) is 0.277. The smallest absolute Gasteiger partial charge is 0.272 e. The molecule has 41 heavy (non-hydrogen) atoms. The average molecular weight is 552 g/mol. The predicted octanol–water partition coefficient (Wildman–Crippen LogP) is 2.93. The molecule has 5 N–H and O–H groups in total. The second-order valence-corrected chi connectivity index (χ2v) is 10.9. The molecule has 0 aromatic carbocycles. The van der Waals surface area contributed by atoms with Crippen LogP contribution >= 0.6 is 0 Å². The molecule has 0 radical (unpaired) electrons. The van der Waals surface area contributed by atoms with Crippen molar-refractivity contribution in [2.75, 3.05) is 11.5 Å². The molecular formula is C28H29N11O2. The van der Waals surface area contributed by atoms with E-state index in [1.807, 2.05) is 30.2 Å². The molecule has 1 unspecified atom stereocenters. The number of nitrogens with one attached hydrogen (secondary N) is 1. The number of aryl methyl sites for hydroxylation is 1. The minimum atomic E-state index is -0.164. The number of aromatic nitrogens is 8. The van der Waals surface area contributed by atoms with Gasteiger partial charge in [-0.2, -0.15) is 19.8 Å². The summed E-state index contributed by atoms with van der Waals surface area (Å²) in [5, 5.41) is 15.5. The van der Waals surface area contributed by atoms with E-state index in [-0.39, 0.29) is 41.3 Å². The highest BCUT2D eigenvalue weighted by atomic mass is 16.2. The Balaban J connectivity index is 1.25. The van der Waals surface area contributed by atoms with E-state index in [1.54, 1.807) is 29.3 Å². The molecule has 5 aromatic heterocycles. The minimum absolute atomic E-state index is 0.0156. The minimum Gasteiger partial charge on any atom is -0.383 e. The second kappa shape index (κ2) is 9.25. The van der Waals surface area contributed by atoms with Crippen molar-refractivity contribution in [2.24, 2.45) is 0 Å². The lowest BCUT2D eigenvalue weighted by molar-refractivity contribution is 0.0562. The van der Waals surface area contributed by atoms with Crippen molar-refractivity contribution >= 4 is 29.0 Å². The number of amides is 1. The van der Waals surface area contributed by atoms with Gasteiger partial charge in [-0.05, 0) is 57.2 Å². The largest absolute Gasteiger partial charge is 0.383 e. The fourth-order valence-corrected chi connectivity index (χ4v) is 6.43. The van der Waals surface area contributed by atoms with E-state index in [0.29, 0.717) is 41.3 Å². The maximum absolute atomic E-state index is 13.3. The Bertz CT molecular complexity index is 1800. The van der Waals surface area contributed by atoms with Crippen molar-refractivity contribution in [1.29, 1.82) is 0 Å². The number of rotatable bonds is 5. The molecule has 1 amide bonds. The topological polar surface area (TPSA) is 179 Å². The first-order valence-electron chi connectivity index (χ1n) is 13.6. The Morgan fingerprint density at radius 2 is 1.83 bits per heavy atom. The summed E-state index contributed by atoms with van der Waals surface area (Å²) in [5.41, 5.74) is 16.9. The van der Waals surface area contributed by atoms with E-state index < -0.39 is 0 Å². The van der Waals surface area contributed by atoms with Crippen molar-refractivity contribution in [3.8, 4) is 16.9 Å². The molecule has 2 fully saturated rings. The van der Waals surface area contributed by atoms with Crippen molar-refractivity contribution in [3.63, 3.8) is 0 Å². The number of ketones is 1. The summed E-state index contributed by atoms with van der Waals surface area (Å²) in [6.45, 7) is 3.48. The molecule has 0 spiro atoms. The molecule has 208 valence electrons. The molecule has 0 aliphatic carbocycles. The number of hydrogen-bond donors (Lipinski definition) is 3. The third-order valence-corrected chi connectivity index (χ3v) is 8.25. The number of nitrogens with zero attached hydrogens (tertiary/aromatic N) is 8. The van der Waals surface area contributed by atoms with Crippen LogP contribution in [0.25, 0.3) is 22.6 Å². The van der Waals surface area contributed by atoms with Crippen LogP contribution in [-0.4, -0.2) is 68.2 Å². The van der Waals surface area contributed by atoms with Gasteiger partial charge in [0.1, 0.15) is 17.3 Å². The van der Waals surface area contributed by atoms with Gasteiger partial charge in [0.25, 0.3) is 5.91 Å². The van der Waals surface area contributed by atoms with Gasteiger partial charge in [-0.3, -0.25) is 14.7 Å². The maximum atomic E-state index is 13.3. The lowest BCUT2D eigenvalue weighted by atomic mass is 9.85. The summed E-state index contributed by atoms with van der Waals surface area (Å²) in [5.74, 6) is 0.935. The molecule has 13 nitrogen and oxygen atoms in total. The number of carbonyl (C=O) groups excluding carboxylic acids is 2. The molecule has 13 heteroatoms. The summed E-state index contributed by atoms with van der Waals surface area (Å²) >= 11 is 0. The average Bonchev–Trinajstić information content (AvgIpc) is 3.74. The zero-order chi connectivity index (χ0) is 28.4. The first-order chi connectivity index (χ1) is 19.8. The molecule has 7 rings (SSSR count). The molecule has 3 atom stereocenters. The van der Waals surface area contributed by atoms with Crippen LogP contribution in [0.1, 0.15) is 70.6 Å². The number of carbonyl (C=O) groups is 2. The van der Waals surface area contributed by atoms with Gasteiger partial charge < -0.3 is 16.4 Å². The highest BCUT2D eigenvalue weighted by Crippen LogP contribution is 2.45. The van der Waals surface area contributed by atoms with Crippen LogP contribution in [0.2, 0.25) is 0 Å². The van der Waals surface area contributed by atoms with E-state index in [4.69, 9.17) is 16.5 Å². The number of hydrogen-bond acceptors (Lipinski definition) is 9. The molecule has 2 saturated heterocycles. The number of piperidine rings is 1. The number of aromatic amines is 1. The zero-order valence-electron chi connectivity index (χ0n) is 22.7.